The van der Waals surface area contributed by atoms with Crippen molar-refractivity contribution in [1.82, 2.24) is 4.90 Å². The quantitative estimate of drug-likeness (QED) is 0.374. The SMILES string of the molecule is C=CC[C@@]1(C)C[C@H](c2cccc(Cl)c2)[C@@H](c2ccc(Cl)cc2)N([C@@H](CC)[C@@H](C)C(C)(C)O)C1=O. The average Bonchev–Trinajstić information content (AvgIpc) is 2.77. The van der Waals surface area contributed by atoms with Gasteiger partial charge in [-0.05, 0) is 68.5 Å². The van der Waals surface area contributed by atoms with Crippen molar-refractivity contribution in [3.05, 3.63) is 82.4 Å². The van der Waals surface area contributed by atoms with E-state index in [2.05, 4.69) is 24.5 Å². The Morgan fingerprint density at radius 2 is 1.82 bits per heavy atom. The van der Waals surface area contributed by atoms with Crippen LogP contribution in [0.4, 0.5) is 0 Å². The lowest BCUT2D eigenvalue weighted by atomic mass is 9.66. The van der Waals surface area contributed by atoms with Gasteiger partial charge in [-0.25, -0.2) is 0 Å². The molecule has 1 saturated heterocycles. The van der Waals surface area contributed by atoms with E-state index in [0.29, 0.717) is 22.9 Å². The summed E-state index contributed by atoms with van der Waals surface area (Å²) in [5, 5.41) is 12.3. The Kier molecular flexibility index (Phi) is 8.22. The zero-order valence-electron chi connectivity index (χ0n) is 20.9. The van der Waals surface area contributed by atoms with Crippen LogP contribution in [0.25, 0.3) is 0 Å². The Balaban J connectivity index is 2.27. The van der Waals surface area contributed by atoms with Crippen LogP contribution in [0.15, 0.2) is 61.2 Å². The number of rotatable bonds is 8. The molecule has 0 bridgehead atoms. The first kappa shape index (κ1) is 26.8. The van der Waals surface area contributed by atoms with Crippen LogP contribution >= 0.6 is 23.2 Å². The standard InChI is InChI=1S/C29H37Cl2NO2/c1-7-16-29(6)18-24(21-10-9-11-23(31)17-21)26(20-12-14-22(30)15-13-20)32(27(29)33)25(8-2)19(3)28(4,5)34/h7,9-15,17,19,24-26,34H,1,8,16,18H2,2-6H3/t19-,24-,25+,26-,29+/m1/s1. The summed E-state index contributed by atoms with van der Waals surface area (Å²) in [4.78, 5) is 16.4. The third kappa shape index (κ3) is 5.37. The first-order chi connectivity index (χ1) is 15.9. The third-order valence-corrected chi connectivity index (χ3v) is 8.14. The highest BCUT2D eigenvalue weighted by Gasteiger charge is 2.52. The second-order valence-electron chi connectivity index (χ2n) is 10.5. The van der Waals surface area contributed by atoms with Crippen molar-refractivity contribution < 1.29 is 9.90 Å². The maximum absolute atomic E-state index is 14.3. The van der Waals surface area contributed by atoms with Crippen LogP contribution in [0.2, 0.25) is 10.0 Å². The summed E-state index contributed by atoms with van der Waals surface area (Å²) in [6.45, 7) is 13.8. The molecule has 2 aromatic carbocycles. The number of carbonyl (C=O) groups excluding carboxylic acids is 1. The molecule has 2 aromatic rings. The molecule has 184 valence electrons. The maximum atomic E-state index is 14.3. The topological polar surface area (TPSA) is 40.5 Å². The zero-order chi connectivity index (χ0) is 25.3. The number of piperidine rings is 1. The van der Waals surface area contributed by atoms with E-state index in [1.807, 2.05) is 76.2 Å². The highest BCUT2D eigenvalue weighted by Crippen LogP contribution is 2.53. The maximum Gasteiger partial charge on any atom is 0.229 e. The van der Waals surface area contributed by atoms with Crippen molar-refractivity contribution in [2.75, 3.05) is 0 Å². The summed E-state index contributed by atoms with van der Waals surface area (Å²) in [5.74, 6) is -0.0125. The summed E-state index contributed by atoms with van der Waals surface area (Å²) in [6, 6.07) is 15.4. The second-order valence-corrected chi connectivity index (χ2v) is 11.4. The third-order valence-electron chi connectivity index (χ3n) is 7.65. The Bertz CT molecular complexity index is 1010. The predicted octanol–water partition coefficient (Wildman–Crippen LogP) is 7.82. The van der Waals surface area contributed by atoms with Crippen LogP contribution in [-0.2, 0) is 4.79 Å². The molecule has 0 spiro atoms. The molecular weight excluding hydrogens is 465 g/mol. The van der Waals surface area contributed by atoms with E-state index >= 15 is 0 Å². The van der Waals surface area contributed by atoms with Gasteiger partial charge in [0.1, 0.15) is 0 Å². The Hall–Kier alpha value is -1.81. The molecular formula is C29H37Cl2NO2. The van der Waals surface area contributed by atoms with Crippen molar-refractivity contribution in [2.45, 2.75) is 77.5 Å². The highest BCUT2D eigenvalue weighted by molar-refractivity contribution is 6.30. The van der Waals surface area contributed by atoms with Crippen LogP contribution in [0.3, 0.4) is 0 Å². The molecule has 0 saturated carbocycles. The normalized spacial score (nSPS) is 25.2. The monoisotopic (exact) mass is 501 g/mol. The lowest BCUT2D eigenvalue weighted by molar-refractivity contribution is -0.159. The van der Waals surface area contributed by atoms with E-state index in [4.69, 9.17) is 23.2 Å². The number of hydrogen-bond donors (Lipinski definition) is 1. The highest BCUT2D eigenvalue weighted by atomic mass is 35.5. The molecule has 0 aliphatic carbocycles. The zero-order valence-corrected chi connectivity index (χ0v) is 22.4. The molecule has 0 radical (unpaired) electrons. The molecule has 5 heteroatoms. The molecule has 1 fully saturated rings. The smallest absolute Gasteiger partial charge is 0.229 e. The number of nitrogens with zero attached hydrogens (tertiary/aromatic N) is 1. The van der Waals surface area contributed by atoms with Gasteiger partial charge < -0.3 is 10.0 Å². The summed E-state index contributed by atoms with van der Waals surface area (Å²) in [7, 11) is 0. The van der Waals surface area contributed by atoms with E-state index in [1.54, 1.807) is 0 Å². The van der Waals surface area contributed by atoms with Gasteiger partial charge in [0, 0.05) is 27.9 Å². The molecule has 1 amide bonds. The lowest BCUT2D eigenvalue weighted by Gasteiger charge is -2.54. The number of aliphatic hydroxyl groups is 1. The number of hydrogen-bond acceptors (Lipinski definition) is 2. The van der Waals surface area contributed by atoms with Crippen molar-refractivity contribution in [1.29, 1.82) is 0 Å². The van der Waals surface area contributed by atoms with Crippen LogP contribution in [0.5, 0.6) is 0 Å². The largest absolute Gasteiger partial charge is 0.390 e. The first-order valence-electron chi connectivity index (χ1n) is 12.1. The predicted molar refractivity (Wildman–Crippen MR) is 142 cm³/mol. The van der Waals surface area contributed by atoms with Crippen molar-refractivity contribution in [3.63, 3.8) is 0 Å². The van der Waals surface area contributed by atoms with Gasteiger partial charge in [-0.2, -0.15) is 0 Å². The first-order valence-corrected chi connectivity index (χ1v) is 12.9. The molecule has 0 unspecified atom stereocenters. The number of carbonyl (C=O) groups is 1. The van der Waals surface area contributed by atoms with E-state index in [1.165, 1.54) is 0 Å². The van der Waals surface area contributed by atoms with Gasteiger partial charge in [0.15, 0.2) is 0 Å². The summed E-state index contributed by atoms with van der Waals surface area (Å²) in [6.07, 6.45) is 3.83. The molecule has 1 aliphatic heterocycles. The minimum absolute atomic E-state index is 0.0191. The van der Waals surface area contributed by atoms with Crippen LogP contribution < -0.4 is 0 Å². The number of benzene rings is 2. The Morgan fingerprint density at radius 1 is 1.18 bits per heavy atom. The van der Waals surface area contributed by atoms with Gasteiger partial charge >= 0.3 is 0 Å². The molecule has 0 aromatic heterocycles. The number of likely N-dealkylation sites (tertiary alicyclic amines) is 1. The minimum atomic E-state index is -0.941. The van der Waals surface area contributed by atoms with Gasteiger partial charge in [-0.15, -0.1) is 6.58 Å². The molecule has 5 atom stereocenters. The number of allylic oxidation sites excluding steroid dienone is 1. The minimum Gasteiger partial charge on any atom is -0.390 e. The van der Waals surface area contributed by atoms with E-state index in [0.717, 1.165) is 17.5 Å². The molecule has 1 aliphatic rings. The van der Waals surface area contributed by atoms with Crippen LogP contribution in [0, 0.1) is 11.3 Å². The summed E-state index contributed by atoms with van der Waals surface area (Å²) in [5.41, 5.74) is 0.587. The fourth-order valence-electron chi connectivity index (χ4n) is 5.51. The van der Waals surface area contributed by atoms with E-state index in [-0.39, 0.29) is 29.8 Å². The second kappa shape index (κ2) is 10.4. The number of amides is 1. The summed E-state index contributed by atoms with van der Waals surface area (Å²) >= 11 is 12.7. The van der Waals surface area contributed by atoms with Gasteiger partial charge in [0.25, 0.3) is 0 Å². The molecule has 1 N–H and O–H groups in total. The lowest BCUT2D eigenvalue weighted by Crippen LogP contribution is -2.59. The van der Waals surface area contributed by atoms with Crippen LogP contribution in [0.1, 0.15) is 77.0 Å². The Labute approximate surface area is 214 Å². The Morgan fingerprint density at radius 3 is 2.35 bits per heavy atom. The van der Waals surface area contributed by atoms with Crippen molar-refractivity contribution in [3.8, 4) is 0 Å². The van der Waals surface area contributed by atoms with Crippen molar-refractivity contribution >= 4 is 29.1 Å². The fourth-order valence-corrected chi connectivity index (χ4v) is 5.84. The molecule has 1 heterocycles. The van der Waals surface area contributed by atoms with E-state index in [9.17, 15) is 9.90 Å². The van der Waals surface area contributed by atoms with Gasteiger partial charge in [-0.3, -0.25) is 4.79 Å². The molecule has 3 nitrogen and oxygen atoms in total. The fraction of sp³-hybridized carbons (Fsp3) is 0.483. The number of halogens is 2. The average molecular weight is 503 g/mol. The van der Waals surface area contributed by atoms with Crippen molar-refractivity contribution in [2.24, 2.45) is 11.3 Å². The van der Waals surface area contributed by atoms with E-state index < -0.39 is 11.0 Å². The van der Waals surface area contributed by atoms with Crippen LogP contribution in [-0.4, -0.2) is 27.6 Å². The van der Waals surface area contributed by atoms with Gasteiger partial charge in [-0.1, -0.05) is 74.3 Å². The molecule has 3 rings (SSSR count). The van der Waals surface area contributed by atoms with Gasteiger partial charge in [0.2, 0.25) is 5.91 Å². The van der Waals surface area contributed by atoms with Gasteiger partial charge in [0.05, 0.1) is 17.1 Å². The molecule has 34 heavy (non-hydrogen) atoms. The summed E-state index contributed by atoms with van der Waals surface area (Å²) < 4.78 is 0.